The summed E-state index contributed by atoms with van der Waals surface area (Å²) >= 11 is 3.27. The third-order valence-electron chi connectivity index (χ3n) is 3.10. The van der Waals surface area contributed by atoms with Gasteiger partial charge in [-0.1, -0.05) is 15.9 Å². The van der Waals surface area contributed by atoms with Gasteiger partial charge in [-0.05, 0) is 30.2 Å². The van der Waals surface area contributed by atoms with Crippen LogP contribution in [-0.2, 0) is 11.2 Å². The lowest BCUT2D eigenvalue weighted by atomic mass is 10.1. The first-order chi connectivity index (χ1) is 9.06. The van der Waals surface area contributed by atoms with E-state index in [9.17, 15) is 13.6 Å². The van der Waals surface area contributed by atoms with Crippen LogP contribution < -0.4 is 10.6 Å². The Morgan fingerprint density at radius 2 is 2.25 bits per heavy atom. The normalized spacial score (nSPS) is 21.4. The zero-order valence-corrected chi connectivity index (χ0v) is 13.1. The molecule has 20 heavy (non-hydrogen) atoms. The van der Waals surface area contributed by atoms with Crippen molar-refractivity contribution in [2.24, 2.45) is 0 Å². The standard InChI is InChI=1S/C13H15BrF2N2O.ClH/c14-9-1-2-11(16)8(5-9)3-4-17-13(19)12-6-10(15)7-18-12;/h1-2,5,10,12,18H,3-4,6-7H2,(H,17,19);1H/t10-,12+;/m0./s1. The topological polar surface area (TPSA) is 41.1 Å². The first-order valence-corrected chi connectivity index (χ1v) is 6.94. The van der Waals surface area contributed by atoms with E-state index in [0.717, 1.165) is 4.47 Å². The van der Waals surface area contributed by atoms with Crippen LogP contribution in [0.25, 0.3) is 0 Å². The van der Waals surface area contributed by atoms with Gasteiger partial charge in [0.15, 0.2) is 0 Å². The average molecular weight is 370 g/mol. The SMILES string of the molecule is Cl.O=C(NCCc1cc(Br)ccc1F)[C@H]1C[C@H](F)CN1. The lowest BCUT2D eigenvalue weighted by Crippen LogP contribution is -2.41. The quantitative estimate of drug-likeness (QED) is 0.855. The van der Waals surface area contributed by atoms with E-state index in [1.165, 1.54) is 6.07 Å². The van der Waals surface area contributed by atoms with Crippen molar-refractivity contribution in [1.29, 1.82) is 0 Å². The van der Waals surface area contributed by atoms with Crippen LogP contribution in [0.1, 0.15) is 12.0 Å². The van der Waals surface area contributed by atoms with Crippen LogP contribution in [-0.4, -0.2) is 31.2 Å². The van der Waals surface area contributed by atoms with Gasteiger partial charge in [-0.3, -0.25) is 4.79 Å². The van der Waals surface area contributed by atoms with Crippen LogP contribution in [0.5, 0.6) is 0 Å². The van der Waals surface area contributed by atoms with Crippen molar-refractivity contribution in [1.82, 2.24) is 10.6 Å². The number of amides is 1. The molecule has 2 N–H and O–H groups in total. The Hall–Kier alpha value is -0.720. The Morgan fingerprint density at radius 3 is 2.90 bits per heavy atom. The maximum absolute atomic E-state index is 13.5. The van der Waals surface area contributed by atoms with Crippen molar-refractivity contribution in [2.45, 2.75) is 25.1 Å². The summed E-state index contributed by atoms with van der Waals surface area (Å²) in [5, 5.41) is 5.50. The van der Waals surface area contributed by atoms with Crippen molar-refractivity contribution in [2.75, 3.05) is 13.1 Å². The average Bonchev–Trinajstić information content (AvgIpc) is 2.80. The minimum absolute atomic E-state index is 0. The fraction of sp³-hybridized carbons (Fsp3) is 0.462. The number of hydrogen-bond donors (Lipinski definition) is 2. The maximum Gasteiger partial charge on any atom is 0.237 e. The number of halogens is 4. The molecule has 1 aromatic rings. The molecule has 0 bridgehead atoms. The Bertz CT molecular complexity index is 476. The number of rotatable bonds is 4. The summed E-state index contributed by atoms with van der Waals surface area (Å²) in [6, 6.07) is 4.23. The highest BCUT2D eigenvalue weighted by Gasteiger charge is 2.28. The highest BCUT2D eigenvalue weighted by atomic mass is 79.9. The first-order valence-electron chi connectivity index (χ1n) is 6.15. The largest absolute Gasteiger partial charge is 0.354 e. The van der Waals surface area contributed by atoms with E-state index in [1.807, 2.05) is 0 Å². The second kappa shape index (κ2) is 7.90. The fourth-order valence-corrected chi connectivity index (χ4v) is 2.48. The fourth-order valence-electron chi connectivity index (χ4n) is 2.07. The van der Waals surface area contributed by atoms with Gasteiger partial charge in [0.05, 0.1) is 6.04 Å². The molecular weight excluding hydrogens is 354 g/mol. The molecule has 1 heterocycles. The smallest absolute Gasteiger partial charge is 0.237 e. The number of carbonyl (C=O) groups excluding carboxylic acids is 1. The molecule has 0 unspecified atom stereocenters. The van der Waals surface area contributed by atoms with Gasteiger partial charge in [-0.25, -0.2) is 8.78 Å². The van der Waals surface area contributed by atoms with Crippen molar-refractivity contribution in [3.63, 3.8) is 0 Å². The molecule has 3 nitrogen and oxygen atoms in total. The molecule has 0 radical (unpaired) electrons. The van der Waals surface area contributed by atoms with E-state index in [0.29, 0.717) is 18.5 Å². The highest BCUT2D eigenvalue weighted by Crippen LogP contribution is 2.16. The molecule has 2 rings (SSSR count). The van der Waals surface area contributed by atoms with Crippen molar-refractivity contribution in [3.8, 4) is 0 Å². The summed E-state index contributed by atoms with van der Waals surface area (Å²) in [5.74, 6) is -0.518. The van der Waals surface area contributed by atoms with Crippen LogP contribution in [0.3, 0.4) is 0 Å². The monoisotopic (exact) mass is 368 g/mol. The van der Waals surface area contributed by atoms with Gasteiger partial charge in [0, 0.05) is 24.0 Å². The Balaban J connectivity index is 0.00000200. The molecule has 0 spiro atoms. The van der Waals surface area contributed by atoms with Crippen LogP contribution in [0, 0.1) is 5.82 Å². The van der Waals surface area contributed by atoms with Gasteiger partial charge in [0.25, 0.3) is 0 Å². The molecule has 2 atom stereocenters. The summed E-state index contributed by atoms with van der Waals surface area (Å²) in [6.45, 7) is 0.555. The van der Waals surface area contributed by atoms with E-state index in [1.54, 1.807) is 12.1 Å². The van der Waals surface area contributed by atoms with Gasteiger partial charge in [-0.2, -0.15) is 0 Å². The third-order valence-corrected chi connectivity index (χ3v) is 3.59. The molecule has 1 amide bonds. The maximum atomic E-state index is 13.5. The summed E-state index contributed by atoms with van der Waals surface area (Å²) in [7, 11) is 0. The molecule has 1 saturated heterocycles. The Kier molecular flexibility index (Phi) is 6.85. The minimum atomic E-state index is -0.960. The van der Waals surface area contributed by atoms with Gasteiger partial charge >= 0.3 is 0 Å². The van der Waals surface area contributed by atoms with Crippen molar-refractivity contribution >= 4 is 34.2 Å². The van der Waals surface area contributed by atoms with E-state index >= 15 is 0 Å². The minimum Gasteiger partial charge on any atom is -0.354 e. The van der Waals surface area contributed by atoms with Crippen molar-refractivity contribution < 1.29 is 13.6 Å². The second-order valence-electron chi connectivity index (χ2n) is 4.57. The van der Waals surface area contributed by atoms with E-state index in [2.05, 4.69) is 26.6 Å². The summed E-state index contributed by atoms with van der Waals surface area (Å²) in [5.41, 5.74) is 0.539. The zero-order chi connectivity index (χ0) is 13.8. The van der Waals surface area contributed by atoms with Crippen LogP contribution in [0.2, 0.25) is 0 Å². The summed E-state index contributed by atoms with van der Waals surface area (Å²) in [6.07, 6.45) is -0.349. The number of hydrogen-bond acceptors (Lipinski definition) is 2. The number of carbonyl (C=O) groups is 1. The van der Waals surface area contributed by atoms with E-state index in [-0.39, 0.29) is 37.1 Å². The molecule has 0 saturated carbocycles. The Morgan fingerprint density at radius 1 is 1.50 bits per heavy atom. The first kappa shape index (κ1) is 17.3. The third kappa shape index (κ3) is 4.68. The predicted octanol–water partition coefficient (Wildman–Crippen LogP) is 2.37. The molecule has 1 aliphatic heterocycles. The van der Waals surface area contributed by atoms with Gasteiger partial charge in [0.2, 0.25) is 5.91 Å². The molecule has 1 aromatic carbocycles. The van der Waals surface area contributed by atoms with Crippen LogP contribution in [0.15, 0.2) is 22.7 Å². The summed E-state index contributed by atoms with van der Waals surface area (Å²) in [4.78, 5) is 11.7. The molecule has 7 heteroatoms. The number of benzene rings is 1. The second-order valence-corrected chi connectivity index (χ2v) is 5.49. The van der Waals surface area contributed by atoms with Gasteiger partial charge < -0.3 is 10.6 Å². The predicted molar refractivity (Wildman–Crippen MR) is 79.4 cm³/mol. The lowest BCUT2D eigenvalue weighted by molar-refractivity contribution is -0.122. The highest BCUT2D eigenvalue weighted by molar-refractivity contribution is 9.10. The summed E-state index contributed by atoms with van der Waals surface area (Å²) < 4.78 is 27.2. The van der Waals surface area contributed by atoms with Crippen LogP contribution in [0.4, 0.5) is 8.78 Å². The van der Waals surface area contributed by atoms with Crippen molar-refractivity contribution in [3.05, 3.63) is 34.1 Å². The molecular formula is C13H16BrClF2N2O. The molecule has 112 valence electrons. The lowest BCUT2D eigenvalue weighted by Gasteiger charge is -2.11. The van der Waals surface area contributed by atoms with Gasteiger partial charge in [-0.15, -0.1) is 12.4 Å². The zero-order valence-electron chi connectivity index (χ0n) is 10.7. The van der Waals surface area contributed by atoms with Gasteiger partial charge in [0.1, 0.15) is 12.0 Å². The molecule has 0 aromatic heterocycles. The number of alkyl halides is 1. The molecule has 0 aliphatic carbocycles. The molecule has 1 aliphatic rings. The van der Waals surface area contributed by atoms with E-state index < -0.39 is 12.2 Å². The Labute approximate surface area is 131 Å². The molecule has 1 fully saturated rings. The number of nitrogens with one attached hydrogen (secondary N) is 2. The van der Waals surface area contributed by atoms with E-state index in [4.69, 9.17) is 0 Å². The van der Waals surface area contributed by atoms with Crippen LogP contribution >= 0.6 is 28.3 Å².